The molecule has 0 aliphatic rings. The van der Waals surface area contributed by atoms with Crippen LogP contribution in [0.25, 0.3) is 5.69 Å². The van der Waals surface area contributed by atoms with Gasteiger partial charge in [-0.2, -0.15) is 5.10 Å². The molecule has 0 aromatic carbocycles. The van der Waals surface area contributed by atoms with Gasteiger partial charge >= 0.3 is 5.97 Å². The number of aromatic carboxylic acids is 1. The molecule has 2 rings (SSSR count). The average Bonchev–Trinajstić information content (AvgIpc) is 2.74. The van der Waals surface area contributed by atoms with Gasteiger partial charge in [0, 0.05) is 12.5 Å². The summed E-state index contributed by atoms with van der Waals surface area (Å²) in [5.41, 5.74) is 0.0202. The quantitative estimate of drug-likeness (QED) is 0.861. The van der Waals surface area contributed by atoms with E-state index in [-0.39, 0.29) is 10.6 Å². The Morgan fingerprint density at radius 2 is 2.11 bits per heavy atom. The Morgan fingerprint density at radius 3 is 2.61 bits per heavy atom. The van der Waals surface area contributed by atoms with Crippen LogP contribution in [0.3, 0.4) is 0 Å². The van der Waals surface area contributed by atoms with Crippen LogP contribution < -0.4 is 0 Å². The van der Waals surface area contributed by atoms with E-state index in [1.54, 1.807) is 12.1 Å². The molecule has 18 heavy (non-hydrogen) atoms. The molecule has 2 aromatic heterocycles. The summed E-state index contributed by atoms with van der Waals surface area (Å²) in [6, 6.07) is 3.18. The highest BCUT2D eigenvalue weighted by molar-refractivity contribution is 7.90. The van der Waals surface area contributed by atoms with Gasteiger partial charge in [0.2, 0.25) is 0 Å². The number of sulfone groups is 1. The molecule has 0 radical (unpaired) electrons. The second kappa shape index (κ2) is 4.22. The first-order valence-corrected chi connectivity index (χ1v) is 6.72. The highest BCUT2D eigenvalue weighted by atomic mass is 32.2. The normalized spacial score (nSPS) is 11.4. The molecule has 2 heterocycles. The zero-order chi connectivity index (χ0) is 13.3. The maximum atomic E-state index is 11.7. The van der Waals surface area contributed by atoms with Gasteiger partial charge in [0.25, 0.3) is 0 Å². The molecule has 0 aliphatic carbocycles. The lowest BCUT2D eigenvalue weighted by Crippen LogP contribution is -2.12. The molecular formula is C10H9N3O4S. The van der Waals surface area contributed by atoms with Crippen molar-refractivity contribution in [3.05, 3.63) is 36.3 Å². The van der Waals surface area contributed by atoms with Gasteiger partial charge in [-0.15, -0.1) is 0 Å². The number of pyridine rings is 1. The third-order valence-electron chi connectivity index (χ3n) is 2.20. The number of aromatic nitrogens is 3. The molecule has 0 bridgehead atoms. The van der Waals surface area contributed by atoms with E-state index in [0.29, 0.717) is 5.69 Å². The zero-order valence-electron chi connectivity index (χ0n) is 9.31. The Bertz CT molecular complexity index is 691. The van der Waals surface area contributed by atoms with Crippen molar-refractivity contribution >= 4 is 15.8 Å². The lowest BCUT2D eigenvalue weighted by atomic mass is 10.4. The third-order valence-corrected chi connectivity index (χ3v) is 3.29. The number of carbonyl (C=O) groups is 1. The summed E-state index contributed by atoms with van der Waals surface area (Å²) < 4.78 is 24.4. The van der Waals surface area contributed by atoms with Gasteiger partial charge in [-0.05, 0) is 12.1 Å². The molecule has 0 saturated carbocycles. The van der Waals surface area contributed by atoms with E-state index in [0.717, 1.165) is 17.1 Å². The van der Waals surface area contributed by atoms with E-state index in [9.17, 15) is 13.2 Å². The Labute approximate surface area is 103 Å². The number of hydrogen-bond donors (Lipinski definition) is 1. The van der Waals surface area contributed by atoms with Crippen molar-refractivity contribution in [1.29, 1.82) is 0 Å². The fourth-order valence-electron chi connectivity index (χ4n) is 1.50. The van der Waals surface area contributed by atoms with E-state index in [1.807, 2.05) is 0 Å². The van der Waals surface area contributed by atoms with Crippen molar-refractivity contribution in [3.8, 4) is 5.69 Å². The maximum absolute atomic E-state index is 11.7. The van der Waals surface area contributed by atoms with Gasteiger partial charge < -0.3 is 5.11 Å². The first-order chi connectivity index (χ1) is 8.41. The molecule has 7 nitrogen and oxygen atoms in total. The molecule has 1 N–H and O–H groups in total. The molecule has 0 aliphatic heterocycles. The average molecular weight is 267 g/mol. The van der Waals surface area contributed by atoms with Crippen LogP contribution in [0.4, 0.5) is 0 Å². The Hall–Kier alpha value is -2.22. The maximum Gasteiger partial charge on any atom is 0.340 e. The van der Waals surface area contributed by atoms with Gasteiger partial charge in [-0.1, -0.05) is 0 Å². The van der Waals surface area contributed by atoms with Crippen LogP contribution in [0, 0.1) is 0 Å². The Kier molecular flexibility index (Phi) is 2.87. The van der Waals surface area contributed by atoms with Gasteiger partial charge in [0.15, 0.2) is 14.9 Å². The van der Waals surface area contributed by atoms with Crippen LogP contribution in [0.15, 0.2) is 35.7 Å². The summed E-state index contributed by atoms with van der Waals surface area (Å²) in [5.74, 6) is -1.34. The van der Waals surface area contributed by atoms with Gasteiger partial charge in [0.05, 0.1) is 18.1 Å². The highest BCUT2D eigenvalue weighted by Crippen LogP contribution is 2.19. The number of carboxylic acid groups (broad SMARTS) is 1. The summed E-state index contributed by atoms with van der Waals surface area (Å²) in [6.07, 6.45) is 4.85. The molecule has 0 saturated heterocycles. The van der Waals surface area contributed by atoms with Crippen molar-refractivity contribution in [2.75, 3.05) is 6.26 Å². The van der Waals surface area contributed by atoms with Gasteiger partial charge in [-0.25, -0.2) is 17.9 Å². The van der Waals surface area contributed by atoms with Crippen LogP contribution >= 0.6 is 0 Å². The number of nitrogens with zero attached hydrogens (tertiary/aromatic N) is 3. The minimum absolute atomic E-state index is 0.358. The fraction of sp³-hybridized carbons (Fsp3) is 0.100. The Morgan fingerprint density at radius 1 is 1.39 bits per heavy atom. The van der Waals surface area contributed by atoms with Crippen molar-refractivity contribution in [2.24, 2.45) is 0 Å². The summed E-state index contributed by atoms with van der Waals surface area (Å²) >= 11 is 0. The molecule has 0 unspecified atom stereocenters. The number of hydrogen-bond acceptors (Lipinski definition) is 5. The second-order valence-electron chi connectivity index (χ2n) is 3.56. The van der Waals surface area contributed by atoms with E-state index in [4.69, 9.17) is 5.11 Å². The summed E-state index contributed by atoms with van der Waals surface area (Å²) in [4.78, 5) is 14.8. The molecule has 94 valence electrons. The van der Waals surface area contributed by atoms with Crippen LogP contribution in [0.5, 0.6) is 0 Å². The summed E-state index contributed by atoms with van der Waals surface area (Å²) in [5, 5.41) is 12.4. The molecule has 2 aromatic rings. The topological polar surface area (TPSA) is 102 Å². The highest BCUT2D eigenvalue weighted by Gasteiger charge is 2.25. The standard InChI is InChI=1S/C10H9N3O4S/c1-18(16,17)9-8(10(14)15)6-12-13(9)7-3-2-4-11-5-7/h2-6H,1H3,(H,14,15). The van der Waals surface area contributed by atoms with E-state index in [1.165, 1.54) is 12.4 Å². The third kappa shape index (κ3) is 2.09. The van der Waals surface area contributed by atoms with Gasteiger partial charge in [-0.3, -0.25) is 4.98 Å². The van der Waals surface area contributed by atoms with Crippen LogP contribution in [-0.2, 0) is 9.84 Å². The summed E-state index contributed by atoms with van der Waals surface area (Å²) in [7, 11) is -3.72. The van der Waals surface area contributed by atoms with Crippen molar-refractivity contribution in [1.82, 2.24) is 14.8 Å². The van der Waals surface area contributed by atoms with Crippen LogP contribution in [0.2, 0.25) is 0 Å². The lowest BCUT2D eigenvalue weighted by molar-refractivity contribution is 0.0692. The molecule has 0 fully saturated rings. The van der Waals surface area contributed by atoms with Crippen molar-refractivity contribution in [3.63, 3.8) is 0 Å². The monoisotopic (exact) mass is 267 g/mol. The molecule has 0 amide bonds. The number of rotatable bonds is 3. The largest absolute Gasteiger partial charge is 0.478 e. The first kappa shape index (κ1) is 12.2. The Balaban J connectivity index is 2.75. The van der Waals surface area contributed by atoms with E-state index < -0.39 is 15.8 Å². The first-order valence-electron chi connectivity index (χ1n) is 4.83. The van der Waals surface area contributed by atoms with Crippen LogP contribution in [0.1, 0.15) is 10.4 Å². The number of carboxylic acids is 1. The SMILES string of the molecule is CS(=O)(=O)c1c(C(=O)O)cnn1-c1cccnc1. The molecule has 0 atom stereocenters. The molecule has 0 spiro atoms. The van der Waals surface area contributed by atoms with E-state index in [2.05, 4.69) is 10.1 Å². The minimum Gasteiger partial charge on any atom is -0.478 e. The zero-order valence-corrected chi connectivity index (χ0v) is 10.1. The summed E-state index contributed by atoms with van der Waals surface area (Å²) in [6.45, 7) is 0. The lowest BCUT2D eigenvalue weighted by Gasteiger charge is -2.05. The predicted molar refractivity (Wildman–Crippen MR) is 61.4 cm³/mol. The fourth-order valence-corrected chi connectivity index (χ4v) is 2.51. The molecule has 8 heteroatoms. The van der Waals surface area contributed by atoms with E-state index >= 15 is 0 Å². The smallest absolute Gasteiger partial charge is 0.340 e. The second-order valence-corrected chi connectivity index (χ2v) is 5.49. The van der Waals surface area contributed by atoms with Gasteiger partial charge in [0.1, 0.15) is 5.56 Å². The predicted octanol–water partition coefficient (Wildman–Crippen LogP) is 0.369. The minimum atomic E-state index is -3.72. The molecular weight excluding hydrogens is 258 g/mol. The van der Waals surface area contributed by atoms with Crippen molar-refractivity contribution in [2.45, 2.75) is 5.03 Å². The van der Waals surface area contributed by atoms with Crippen molar-refractivity contribution < 1.29 is 18.3 Å². The van der Waals surface area contributed by atoms with Crippen LogP contribution in [-0.4, -0.2) is 40.5 Å².